The number of piperazine rings is 1. The molecule has 0 unspecified atom stereocenters. The third kappa shape index (κ3) is 8.77. The van der Waals surface area contributed by atoms with Crippen LogP contribution in [0.2, 0.25) is 0 Å². The van der Waals surface area contributed by atoms with Crippen molar-refractivity contribution in [1.29, 1.82) is 0 Å². The molecule has 1 aliphatic heterocycles. The van der Waals surface area contributed by atoms with E-state index in [4.69, 9.17) is 0 Å². The first-order valence-corrected chi connectivity index (χ1v) is 16.2. The predicted molar refractivity (Wildman–Crippen MR) is 182 cm³/mol. The highest BCUT2D eigenvalue weighted by Crippen LogP contribution is 2.25. The van der Waals surface area contributed by atoms with Gasteiger partial charge in [-0.3, -0.25) is 14.5 Å². The van der Waals surface area contributed by atoms with Gasteiger partial charge in [0, 0.05) is 49.3 Å². The smallest absolute Gasteiger partial charge is 0.248 e. The van der Waals surface area contributed by atoms with Crippen LogP contribution in [0.15, 0.2) is 119 Å². The lowest BCUT2D eigenvalue weighted by molar-refractivity contribution is -0.137. The molecule has 0 spiro atoms. The van der Waals surface area contributed by atoms with Crippen molar-refractivity contribution >= 4 is 33.8 Å². The summed E-state index contributed by atoms with van der Waals surface area (Å²) < 4.78 is 0.960. The fourth-order valence-electron chi connectivity index (χ4n) is 5.61. The molecule has 5 nitrogen and oxygen atoms in total. The molecule has 226 valence electrons. The Morgan fingerprint density at radius 2 is 1.34 bits per heavy atom. The fraction of sp³-hybridized carbons (Fsp3) is 0.263. The molecule has 1 heterocycles. The van der Waals surface area contributed by atoms with Gasteiger partial charge in [0.2, 0.25) is 11.8 Å². The van der Waals surface area contributed by atoms with Crippen LogP contribution in [0.5, 0.6) is 0 Å². The van der Waals surface area contributed by atoms with E-state index in [2.05, 4.69) is 81.6 Å². The van der Waals surface area contributed by atoms with Crippen LogP contribution in [0.4, 0.5) is 0 Å². The van der Waals surface area contributed by atoms with Crippen LogP contribution in [0.3, 0.4) is 0 Å². The van der Waals surface area contributed by atoms with E-state index in [1.807, 2.05) is 71.6 Å². The minimum atomic E-state index is -0.621. The molecule has 0 radical (unpaired) electrons. The number of hydrogen-bond acceptors (Lipinski definition) is 3. The van der Waals surface area contributed by atoms with Gasteiger partial charge in [0.05, 0.1) is 5.92 Å². The van der Waals surface area contributed by atoms with Crippen LogP contribution in [0, 0.1) is 5.92 Å². The Morgan fingerprint density at radius 3 is 1.95 bits per heavy atom. The van der Waals surface area contributed by atoms with Crippen LogP contribution in [0.25, 0.3) is 6.08 Å². The zero-order valence-electron chi connectivity index (χ0n) is 25.3. The molecular formula is C38H40BrN3O2. The lowest BCUT2D eigenvalue weighted by Crippen LogP contribution is -2.51. The molecule has 1 N–H and O–H groups in total. The molecule has 4 aromatic rings. The largest absolute Gasteiger partial charge is 0.348 e. The number of amides is 2. The van der Waals surface area contributed by atoms with Gasteiger partial charge in [0.15, 0.2) is 0 Å². The lowest BCUT2D eigenvalue weighted by Gasteiger charge is -2.37. The van der Waals surface area contributed by atoms with Crippen molar-refractivity contribution in [2.24, 2.45) is 5.92 Å². The molecule has 1 saturated heterocycles. The molecule has 6 heteroatoms. The molecular weight excluding hydrogens is 610 g/mol. The van der Waals surface area contributed by atoms with Gasteiger partial charge in [0.1, 0.15) is 0 Å². The molecule has 5 rings (SSSR count). The van der Waals surface area contributed by atoms with Crippen molar-refractivity contribution in [3.63, 3.8) is 0 Å². The van der Waals surface area contributed by atoms with Crippen LogP contribution in [-0.4, -0.2) is 47.8 Å². The average molecular weight is 651 g/mol. The number of carbonyl (C=O) groups is 2. The normalized spacial score (nSPS) is 14.7. The van der Waals surface area contributed by atoms with Crippen molar-refractivity contribution in [3.8, 4) is 0 Å². The van der Waals surface area contributed by atoms with E-state index in [-0.39, 0.29) is 11.8 Å². The summed E-state index contributed by atoms with van der Waals surface area (Å²) in [6.45, 7) is 6.25. The Labute approximate surface area is 269 Å². The van der Waals surface area contributed by atoms with E-state index in [9.17, 15) is 9.59 Å². The Balaban J connectivity index is 1.40. The van der Waals surface area contributed by atoms with Crippen LogP contribution < -0.4 is 5.32 Å². The van der Waals surface area contributed by atoms with Gasteiger partial charge in [-0.2, -0.15) is 0 Å². The van der Waals surface area contributed by atoms with E-state index in [0.717, 1.165) is 47.2 Å². The number of rotatable bonds is 11. The monoisotopic (exact) mass is 649 g/mol. The zero-order valence-corrected chi connectivity index (χ0v) is 26.9. The van der Waals surface area contributed by atoms with Crippen molar-refractivity contribution in [3.05, 3.63) is 147 Å². The molecule has 1 fully saturated rings. The minimum absolute atomic E-state index is 0.000903. The van der Waals surface area contributed by atoms with Crippen molar-refractivity contribution in [2.45, 2.75) is 32.9 Å². The summed E-state index contributed by atoms with van der Waals surface area (Å²) in [6, 6.07) is 36.6. The maximum absolute atomic E-state index is 14.4. The number of hydrogen-bond donors (Lipinski definition) is 1. The SMILES string of the molecule is CCc1ccc(CNC(=O)C(=Cc2ccc(Br)cc2)[C@H](Cc2ccccc2)C(=O)N2CCN(Cc3ccccc3)CC2)cc1. The van der Waals surface area contributed by atoms with E-state index < -0.39 is 5.92 Å². The number of benzene rings is 4. The van der Waals surface area contributed by atoms with Crippen molar-refractivity contribution in [2.75, 3.05) is 26.2 Å². The summed E-state index contributed by atoms with van der Waals surface area (Å²) in [7, 11) is 0. The maximum atomic E-state index is 14.4. The molecule has 4 aromatic carbocycles. The molecule has 0 aromatic heterocycles. The van der Waals surface area contributed by atoms with Crippen molar-refractivity contribution in [1.82, 2.24) is 15.1 Å². The molecule has 0 saturated carbocycles. The Kier molecular flexibility index (Phi) is 11.2. The summed E-state index contributed by atoms with van der Waals surface area (Å²) in [5.74, 6) is -0.840. The number of aryl methyl sites for hydroxylation is 1. The highest BCUT2D eigenvalue weighted by atomic mass is 79.9. The topological polar surface area (TPSA) is 52.7 Å². The van der Waals surface area contributed by atoms with Gasteiger partial charge < -0.3 is 10.2 Å². The maximum Gasteiger partial charge on any atom is 0.248 e. The van der Waals surface area contributed by atoms with Gasteiger partial charge in [-0.15, -0.1) is 0 Å². The van der Waals surface area contributed by atoms with Gasteiger partial charge in [0.25, 0.3) is 0 Å². The molecule has 1 atom stereocenters. The summed E-state index contributed by atoms with van der Waals surface area (Å²) in [6.07, 6.45) is 3.31. The lowest BCUT2D eigenvalue weighted by atomic mass is 9.88. The molecule has 0 bridgehead atoms. The minimum Gasteiger partial charge on any atom is -0.348 e. The van der Waals surface area contributed by atoms with Crippen molar-refractivity contribution < 1.29 is 9.59 Å². The second-order valence-electron chi connectivity index (χ2n) is 11.3. The van der Waals surface area contributed by atoms with Gasteiger partial charge >= 0.3 is 0 Å². The van der Waals surface area contributed by atoms with E-state index in [1.54, 1.807) is 0 Å². The van der Waals surface area contributed by atoms with Crippen LogP contribution in [-0.2, 0) is 35.5 Å². The molecule has 2 amide bonds. The Bertz CT molecular complexity index is 1530. The third-order valence-corrected chi connectivity index (χ3v) is 8.76. The molecule has 0 aliphatic carbocycles. The summed E-state index contributed by atoms with van der Waals surface area (Å²) in [4.78, 5) is 32.7. The average Bonchev–Trinajstić information content (AvgIpc) is 3.07. The summed E-state index contributed by atoms with van der Waals surface area (Å²) in [5, 5.41) is 3.13. The van der Waals surface area contributed by atoms with Crippen LogP contribution >= 0.6 is 15.9 Å². The Morgan fingerprint density at radius 1 is 0.750 bits per heavy atom. The quantitative estimate of drug-likeness (QED) is 0.180. The van der Waals surface area contributed by atoms with Gasteiger partial charge in [-0.05, 0) is 58.9 Å². The number of nitrogens with one attached hydrogen (secondary N) is 1. The first kappa shape index (κ1) is 31.4. The van der Waals surface area contributed by atoms with Crippen LogP contribution in [0.1, 0.15) is 34.7 Å². The highest BCUT2D eigenvalue weighted by Gasteiger charge is 2.33. The highest BCUT2D eigenvalue weighted by molar-refractivity contribution is 9.10. The second kappa shape index (κ2) is 15.6. The first-order chi connectivity index (χ1) is 21.5. The zero-order chi connectivity index (χ0) is 30.7. The van der Waals surface area contributed by atoms with E-state index in [1.165, 1.54) is 11.1 Å². The molecule has 1 aliphatic rings. The first-order valence-electron chi connectivity index (χ1n) is 15.4. The summed E-state index contributed by atoms with van der Waals surface area (Å²) in [5.41, 5.74) is 5.95. The van der Waals surface area contributed by atoms with Gasteiger partial charge in [-0.1, -0.05) is 120 Å². The molecule has 44 heavy (non-hydrogen) atoms. The predicted octanol–water partition coefficient (Wildman–Crippen LogP) is 6.91. The second-order valence-corrected chi connectivity index (χ2v) is 12.2. The number of carbonyl (C=O) groups excluding carboxylic acids is 2. The third-order valence-electron chi connectivity index (χ3n) is 8.23. The van der Waals surface area contributed by atoms with E-state index >= 15 is 0 Å². The standard InChI is InChI=1S/C38H40BrN3O2/c1-2-29-13-15-32(16-14-29)27-40-37(43)35(25-31-17-19-34(39)20-18-31)36(26-30-9-5-3-6-10-30)38(44)42-23-21-41(22-24-42)28-33-11-7-4-8-12-33/h3-20,25,36H,2,21-24,26-28H2,1H3,(H,40,43)/t36-/m0/s1. The number of halogens is 1. The van der Waals surface area contributed by atoms with E-state index in [0.29, 0.717) is 31.6 Å². The number of nitrogens with zero attached hydrogens (tertiary/aromatic N) is 2. The fourth-order valence-corrected chi connectivity index (χ4v) is 5.87. The summed E-state index contributed by atoms with van der Waals surface area (Å²) >= 11 is 3.51. The van der Waals surface area contributed by atoms with Gasteiger partial charge in [-0.25, -0.2) is 0 Å². The Hall–Kier alpha value is -4.00.